The van der Waals surface area contributed by atoms with Crippen LogP contribution in [-0.2, 0) is 6.61 Å². The topological polar surface area (TPSA) is 68.3 Å². The molecule has 0 fully saturated rings. The van der Waals surface area contributed by atoms with Gasteiger partial charge in [-0.05, 0) is 30.3 Å². The summed E-state index contributed by atoms with van der Waals surface area (Å²) in [5.41, 5.74) is 6.39. The first-order valence-corrected chi connectivity index (χ1v) is 6.00. The fourth-order valence-corrected chi connectivity index (χ4v) is 1.72. The third-order valence-electron chi connectivity index (χ3n) is 2.82. The lowest BCUT2D eigenvalue weighted by Crippen LogP contribution is -2.10. The van der Waals surface area contributed by atoms with Gasteiger partial charge in [-0.2, -0.15) is 0 Å². The normalized spacial score (nSPS) is 10.1. The molecule has 0 atom stereocenters. The molecule has 2 aromatic rings. The number of nitrogens with one attached hydrogen (secondary N) is 1. The maximum atomic E-state index is 13.9. The van der Waals surface area contributed by atoms with E-state index in [0.29, 0.717) is 16.9 Å². The van der Waals surface area contributed by atoms with Gasteiger partial charge in [0.1, 0.15) is 18.2 Å². The Labute approximate surface area is 116 Å². The van der Waals surface area contributed by atoms with E-state index >= 15 is 0 Å². The second kappa shape index (κ2) is 6.06. The number of halogens is 1. The SMILES string of the molecule is COc1cccc(COc2ccc(C(=N)N)cc2)c1F. The van der Waals surface area contributed by atoms with Gasteiger partial charge in [0.05, 0.1) is 7.11 Å². The number of ether oxygens (including phenoxy) is 2. The molecule has 0 aromatic heterocycles. The molecular weight excluding hydrogens is 259 g/mol. The van der Waals surface area contributed by atoms with Crippen LogP contribution >= 0.6 is 0 Å². The smallest absolute Gasteiger partial charge is 0.171 e. The van der Waals surface area contributed by atoms with E-state index in [1.807, 2.05) is 0 Å². The quantitative estimate of drug-likeness (QED) is 0.650. The highest BCUT2D eigenvalue weighted by Crippen LogP contribution is 2.21. The zero-order valence-electron chi connectivity index (χ0n) is 11.0. The van der Waals surface area contributed by atoms with Crippen molar-refractivity contribution in [2.75, 3.05) is 7.11 Å². The number of methoxy groups -OCH3 is 1. The standard InChI is InChI=1S/C15H15FN2O2/c1-19-13-4-2-3-11(14(13)16)9-20-12-7-5-10(6-8-12)15(17)18/h2-8H,9H2,1H3,(H3,17,18). The molecule has 0 aliphatic rings. The third-order valence-corrected chi connectivity index (χ3v) is 2.82. The zero-order chi connectivity index (χ0) is 14.5. The fraction of sp³-hybridized carbons (Fsp3) is 0.133. The van der Waals surface area contributed by atoms with Crippen molar-refractivity contribution in [3.05, 3.63) is 59.4 Å². The summed E-state index contributed by atoms with van der Waals surface area (Å²) < 4.78 is 24.3. The summed E-state index contributed by atoms with van der Waals surface area (Å²) in [6.07, 6.45) is 0. The van der Waals surface area contributed by atoms with Gasteiger partial charge in [-0.3, -0.25) is 5.41 Å². The molecule has 2 aromatic carbocycles. The first-order chi connectivity index (χ1) is 9.61. The number of nitrogens with two attached hydrogens (primary N) is 1. The Balaban J connectivity index is 2.07. The minimum absolute atomic E-state index is 0.00427. The molecule has 0 heterocycles. The summed E-state index contributed by atoms with van der Waals surface area (Å²) in [4.78, 5) is 0. The molecule has 0 saturated heterocycles. The summed E-state index contributed by atoms with van der Waals surface area (Å²) in [5, 5.41) is 7.29. The van der Waals surface area contributed by atoms with Crippen molar-refractivity contribution in [2.45, 2.75) is 6.61 Å². The van der Waals surface area contributed by atoms with E-state index in [9.17, 15) is 4.39 Å². The van der Waals surface area contributed by atoms with Gasteiger partial charge in [-0.1, -0.05) is 12.1 Å². The van der Waals surface area contributed by atoms with Gasteiger partial charge >= 0.3 is 0 Å². The predicted molar refractivity (Wildman–Crippen MR) is 74.7 cm³/mol. The Morgan fingerprint density at radius 1 is 1.20 bits per heavy atom. The molecule has 3 N–H and O–H groups in total. The van der Waals surface area contributed by atoms with Crippen molar-refractivity contribution in [2.24, 2.45) is 5.73 Å². The molecule has 20 heavy (non-hydrogen) atoms. The molecule has 0 radical (unpaired) electrons. The fourth-order valence-electron chi connectivity index (χ4n) is 1.72. The first kappa shape index (κ1) is 13.9. The van der Waals surface area contributed by atoms with Crippen LogP contribution in [0.25, 0.3) is 0 Å². The highest BCUT2D eigenvalue weighted by Gasteiger charge is 2.08. The molecule has 104 valence electrons. The number of benzene rings is 2. The van der Waals surface area contributed by atoms with Crippen LogP contribution in [0.1, 0.15) is 11.1 Å². The first-order valence-electron chi connectivity index (χ1n) is 6.00. The van der Waals surface area contributed by atoms with E-state index in [-0.39, 0.29) is 18.2 Å². The maximum absolute atomic E-state index is 13.9. The van der Waals surface area contributed by atoms with Crippen LogP contribution in [0.5, 0.6) is 11.5 Å². The van der Waals surface area contributed by atoms with Gasteiger partial charge in [0.25, 0.3) is 0 Å². The lowest BCUT2D eigenvalue weighted by atomic mass is 10.2. The predicted octanol–water partition coefficient (Wildman–Crippen LogP) is 2.70. The van der Waals surface area contributed by atoms with E-state index in [2.05, 4.69) is 0 Å². The summed E-state index contributed by atoms with van der Waals surface area (Å²) >= 11 is 0. The van der Waals surface area contributed by atoms with Crippen LogP contribution in [0.3, 0.4) is 0 Å². The Morgan fingerprint density at radius 3 is 2.50 bits per heavy atom. The summed E-state index contributed by atoms with van der Waals surface area (Å²) in [7, 11) is 1.42. The Morgan fingerprint density at radius 2 is 1.90 bits per heavy atom. The molecular formula is C15H15FN2O2. The van der Waals surface area contributed by atoms with Crippen molar-refractivity contribution >= 4 is 5.84 Å². The summed E-state index contributed by atoms with van der Waals surface area (Å²) in [6, 6.07) is 11.6. The monoisotopic (exact) mass is 274 g/mol. The molecule has 0 aliphatic carbocycles. The van der Waals surface area contributed by atoms with Crippen molar-refractivity contribution in [1.82, 2.24) is 0 Å². The van der Waals surface area contributed by atoms with Gasteiger partial charge in [0, 0.05) is 11.1 Å². The van der Waals surface area contributed by atoms with E-state index in [0.717, 1.165) is 0 Å². The third kappa shape index (κ3) is 3.06. The Bertz CT molecular complexity index is 612. The number of hydrogen-bond donors (Lipinski definition) is 2. The molecule has 0 spiro atoms. The van der Waals surface area contributed by atoms with Crippen LogP contribution in [-0.4, -0.2) is 12.9 Å². The molecule has 0 amide bonds. The van der Waals surface area contributed by atoms with Gasteiger partial charge in [-0.15, -0.1) is 0 Å². The minimum Gasteiger partial charge on any atom is -0.494 e. The summed E-state index contributed by atoms with van der Waals surface area (Å²) in [5.74, 6) is 0.348. The van der Waals surface area contributed by atoms with Crippen molar-refractivity contribution in [3.63, 3.8) is 0 Å². The lowest BCUT2D eigenvalue weighted by molar-refractivity contribution is 0.295. The van der Waals surface area contributed by atoms with E-state index in [1.165, 1.54) is 7.11 Å². The zero-order valence-corrected chi connectivity index (χ0v) is 11.0. The van der Waals surface area contributed by atoms with Crippen LogP contribution < -0.4 is 15.2 Å². The molecule has 0 unspecified atom stereocenters. The maximum Gasteiger partial charge on any atom is 0.171 e. The summed E-state index contributed by atoms with van der Waals surface area (Å²) in [6.45, 7) is 0.0997. The highest BCUT2D eigenvalue weighted by molar-refractivity contribution is 5.94. The highest BCUT2D eigenvalue weighted by atomic mass is 19.1. The lowest BCUT2D eigenvalue weighted by Gasteiger charge is -2.09. The van der Waals surface area contributed by atoms with Gasteiger partial charge in [-0.25, -0.2) is 4.39 Å². The molecule has 5 heteroatoms. The van der Waals surface area contributed by atoms with Crippen LogP contribution in [0.4, 0.5) is 4.39 Å². The second-order valence-electron chi connectivity index (χ2n) is 4.16. The van der Waals surface area contributed by atoms with Gasteiger partial charge in [0.2, 0.25) is 0 Å². The minimum atomic E-state index is -0.421. The Kier molecular flexibility index (Phi) is 4.20. The van der Waals surface area contributed by atoms with Gasteiger partial charge < -0.3 is 15.2 Å². The van der Waals surface area contributed by atoms with E-state index < -0.39 is 5.82 Å². The number of nitrogen functional groups attached to an aromatic ring is 1. The molecule has 2 rings (SSSR count). The average molecular weight is 274 g/mol. The molecule has 0 saturated carbocycles. The van der Waals surface area contributed by atoms with Crippen LogP contribution in [0.2, 0.25) is 0 Å². The van der Waals surface area contributed by atoms with Crippen molar-refractivity contribution in [3.8, 4) is 11.5 Å². The second-order valence-corrected chi connectivity index (χ2v) is 4.16. The van der Waals surface area contributed by atoms with Crippen LogP contribution in [0, 0.1) is 11.2 Å². The van der Waals surface area contributed by atoms with E-state index in [4.69, 9.17) is 20.6 Å². The largest absolute Gasteiger partial charge is 0.494 e. The number of rotatable bonds is 5. The van der Waals surface area contributed by atoms with Gasteiger partial charge in [0.15, 0.2) is 11.6 Å². The van der Waals surface area contributed by atoms with Crippen LogP contribution in [0.15, 0.2) is 42.5 Å². The molecule has 0 aliphatic heterocycles. The molecule has 4 nitrogen and oxygen atoms in total. The molecule has 0 bridgehead atoms. The van der Waals surface area contributed by atoms with E-state index in [1.54, 1.807) is 42.5 Å². The average Bonchev–Trinajstić information content (AvgIpc) is 2.46. The number of amidine groups is 1. The number of hydrogen-bond acceptors (Lipinski definition) is 3. The van der Waals surface area contributed by atoms with Crippen molar-refractivity contribution in [1.29, 1.82) is 5.41 Å². The Hall–Kier alpha value is -2.56. The van der Waals surface area contributed by atoms with Crippen molar-refractivity contribution < 1.29 is 13.9 Å².